The highest BCUT2D eigenvalue weighted by molar-refractivity contribution is 5.94. The van der Waals surface area contributed by atoms with Crippen LogP contribution in [0.5, 0.6) is 0 Å². The maximum Gasteiger partial charge on any atom is 0.253 e. The van der Waals surface area contributed by atoms with Crippen molar-refractivity contribution in [2.75, 3.05) is 26.2 Å². The van der Waals surface area contributed by atoms with Gasteiger partial charge in [0.1, 0.15) is 0 Å². The Morgan fingerprint density at radius 3 is 2.24 bits per heavy atom. The van der Waals surface area contributed by atoms with Gasteiger partial charge in [0.15, 0.2) is 0 Å². The van der Waals surface area contributed by atoms with Gasteiger partial charge in [-0.2, -0.15) is 0 Å². The van der Waals surface area contributed by atoms with Gasteiger partial charge in [-0.25, -0.2) is 0 Å². The minimum atomic E-state index is -0.399. The summed E-state index contributed by atoms with van der Waals surface area (Å²) in [6.45, 7) is 6.39. The summed E-state index contributed by atoms with van der Waals surface area (Å²) in [7, 11) is 0. The maximum absolute atomic E-state index is 12.9. The number of carbonyl (C=O) groups excluding carboxylic acids is 2. The van der Waals surface area contributed by atoms with Gasteiger partial charge in [-0.3, -0.25) is 9.59 Å². The third-order valence-corrected chi connectivity index (χ3v) is 5.73. The van der Waals surface area contributed by atoms with E-state index in [1.807, 2.05) is 47.9 Å². The largest absolute Gasteiger partial charge is 0.339 e. The number of nitrogens with zero attached hydrogens (tertiary/aromatic N) is 2. The Balaban J connectivity index is 1.59. The molecule has 2 atom stereocenters. The van der Waals surface area contributed by atoms with Gasteiger partial charge in [-0.15, -0.1) is 0 Å². The smallest absolute Gasteiger partial charge is 0.253 e. The molecule has 0 aromatic heterocycles. The maximum atomic E-state index is 12.9. The van der Waals surface area contributed by atoms with Crippen LogP contribution in [0.15, 0.2) is 24.3 Å². The van der Waals surface area contributed by atoms with Crippen molar-refractivity contribution in [3.05, 3.63) is 35.4 Å². The molecule has 1 aliphatic heterocycles. The van der Waals surface area contributed by atoms with Crippen LogP contribution < -0.4 is 5.73 Å². The fourth-order valence-corrected chi connectivity index (χ4v) is 3.99. The predicted octanol–water partition coefficient (Wildman–Crippen LogP) is 2.19. The average molecular weight is 343 g/mol. The lowest BCUT2D eigenvalue weighted by molar-refractivity contribution is -0.140. The van der Waals surface area contributed by atoms with Gasteiger partial charge >= 0.3 is 0 Å². The number of hydrogen-bond donors (Lipinski definition) is 1. The summed E-state index contributed by atoms with van der Waals surface area (Å²) in [5.74, 6) is 0.140. The van der Waals surface area contributed by atoms with Crippen LogP contribution in [0.2, 0.25) is 0 Å². The molecule has 1 saturated heterocycles. The van der Waals surface area contributed by atoms with Crippen LogP contribution in [-0.4, -0.2) is 53.3 Å². The Morgan fingerprint density at radius 2 is 1.64 bits per heavy atom. The first kappa shape index (κ1) is 17.9. The molecule has 1 aromatic rings. The van der Waals surface area contributed by atoms with Crippen LogP contribution in [0.3, 0.4) is 0 Å². The summed E-state index contributed by atoms with van der Waals surface area (Å²) in [5.41, 5.74) is 7.84. The standard InChI is InChI=1S/C20H29N3O2/c1-15-6-8-16(9-7-15)18(24)22-11-13-23(14-12-22)19(25)17-5-3-4-10-20(17,2)21/h6-9,17H,3-5,10-14,21H2,1-2H3. The first-order valence-electron chi connectivity index (χ1n) is 9.32. The number of benzene rings is 1. The lowest BCUT2D eigenvalue weighted by Crippen LogP contribution is -2.57. The number of nitrogens with two attached hydrogens (primary N) is 1. The van der Waals surface area contributed by atoms with Gasteiger partial charge in [0.25, 0.3) is 5.91 Å². The first-order valence-corrected chi connectivity index (χ1v) is 9.32. The van der Waals surface area contributed by atoms with Crippen molar-refractivity contribution in [2.45, 2.75) is 45.1 Å². The normalized spacial score (nSPS) is 27.2. The zero-order chi connectivity index (χ0) is 18.0. The van der Waals surface area contributed by atoms with E-state index >= 15 is 0 Å². The monoisotopic (exact) mass is 343 g/mol. The second kappa shape index (κ2) is 7.16. The van der Waals surface area contributed by atoms with Crippen LogP contribution in [0.25, 0.3) is 0 Å². The number of rotatable bonds is 2. The van der Waals surface area contributed by atoms with E-state index in [2.05, 4.69) is 0 Å². The Hall–Kier alpha value is -1.88. The summed E-state index contributed by atoms with van der Waals surface area (Å²) in [6.07, 6.45) is 3.98. The highest BCUT2D eigenvalue weighted by atomic mass is 16.2. The molecule has 0 bridgehead atoms. The fourth-order valence-electron chi connectivity index (χ4n) is 3.99. The topological polar surface area (TPSA) is 66.6 Å². The van der Waals surface area contributed by atoms with Crippen molar-refractivity contribution in [2.24, 2.45) is 11.7 Å². The molecule has 2 unspecified atom stereocenters. The third-order valence-electron chi connectivity index (χ3n) is 5.73. The summed E-state index contributed by atoms with van der Waals surface area (Å²) in [6, 6.07) is 7.66. The number of amides is 2. The lowest BCUT2D eigenvalue weighted by Gasteiger charge is -2.42. The van der Waals surface area contributed by atoms with E-state index in [0.29, 0.717) is 31.7 Å². The van der Waals surface area contributed by atoms with Crippen molar-refractivity contribution in [1.82, 2.24) is 9.80 Å². The SMILES string of the molecule is Cc1ccc(C(=O)N2CCN(C(=O)C3CCCCC3(C)N)CC2)cc1. The zero-order valence-electron chi connectivity index (χ0n) is 15.3. The minimum Gasteiger partial charge on any atom is -0.339 e. The highest BCUT2D eigenvalue weighted by Crippen LogP contribution is 2.33. The molecule has 1 saturated carbocycles. The van der Waals surface area contributed by atoms with Gasteiger partial charge in [0, 0.05) is 37.3 Å². The fraction of sp³-hybridized carbons (Fsp3) is 0.600. The Morgan fingerprint density at radius 1 is 1.04 bits per heavy atom. The molecule has 136 valence electrons. The quantitative estimate of drug-likeness (QED) is 0.895. The van der Waals surface area contributed by atoms with Crippen molar-refractivity contribution < 1.29 is 9.59 Å². The van der Waals surface area contributed by atoms with Crippen molar-refractivity contribution >= 4 is 11.8 Å². The summed E-state index contributed by atoms with van der Waals surface area (Å²) in [5, 5.41) is 0. The average Bonchev–Trinajstić information content (AvgIpc) is 2.61. The van der Waals surface area contributed by atoms with E-state index in [1.165, 1.54) is 0 Å². The van der Waals surface area contributed by atoms with Gasteiger partial charge in [0.2, 0.25) is 5.91 Å². The second-order valence-electron chi connectivity index (χ2n) is 7.79. The Labute approximate surface area is 150 Å². The number of aryl methyl sites for hydroxylation is 1. The molecule has 2 N–H and O–H groups in total. The molecule has 1 heterocycles. The first-order chi connectivity index (χ1) is 11.9. The van der Waals surface area contributed by atoms with Crippen LogP contribution in [0, 0.1) is 12.8 Å². The summed E-state index contributed by atoms with van der Waals surface area (Å²) < 4.78 is 0. The van der Waals surface area contributed by atoms with Crippen molar-refractivity contribution in [3.8, 4) is 0 Å². The van der Waals surface area contributed by atoms with E-state index < -0.39 is 5.54 Å². The molecule has 1 aromatic carbocycles. The van der Waals surface area contributed by atoms with Crippen molar-refractivity contribution in [1.29, 1.82) is 0 Å². The molecule has 5 nitrogen and oxygen atoms in total. The van der Waals surface area contributed by atoms with Gasteiger partial charge in [-0.1, -0.05) is 30.5 Å². The molecule has 3 rings (SSSR count). The van der Waals surface area contributed by atoms with E-state index in [4.69, 9.17) is 5.73 Å². The molecule has 0 spiro atoms. The van der Waals surface area contributed by atoms with Crippen LogP contribution >= 0.6 is 0 Å². The lowest BCUT2D eigenvalue weighted by atomic mass is 9.74. The van der Waals surface area contributed by atoms with E-state index in [9.17, 15) is 9.59 Å². The van der Waals surface area contributed by atoms with E-state index in [1.54, 1.807) is 0 Å². The molecule has 1 aliphatic carbocycles. The van der Waals surface area contributed by atoms with Crippen LogP contribution in [-0.2, 0) is 4.79 Å². The number of piperazine rings is 1. The second-order valence-corrected chi connectivity index (χ2v) is 7.79. The molecule has 2 amide bonds. The minimum absolute atomic E-state index is 0.0495. The van der Waals surface area contributed by atoms with Gasteiger partial charge in [-0.05, 0) is 38.8 Å². The summed E-state index contributed by atoms with van der Waals surface area (Å²) in [4.78, 5) is 29.2. The zero-order valence-corrected chi connectivity index (χ0v) is 15.3. The predicted molar refractivity (Wildman–Crippen MR) is 98.2 cm³/mol. The molecule has 0 radical (unpaired) electrons. The van der Waals surface area contributed by atoms with Gasteiger partial charge in [0.05, 0.1) is 5.92 Å². The van der Waals surface area contributed by atoms with Crippen LogP contribution in [0.4, 0.5) is 0 Å². The molecular formula is C20H29N3O2. The van der Waals surface area contributed by atoms with Gasteiger partial charge < -0.3 is 15.5 Å². The number of carbonyl (C=O) groups is 2. The number of hydrogen-bond acceptors (Lipinski definition) is 3. The molecular weight excluding hydrogens is 314 g/mol. The molecule has 5 heteroatoms. The summed E-state index contributed by atoms with van der Waals surface area (Å²) >= 11 is 0. The van der Waals surface area contributed by atoms with Crippen molar-refractivity contribution in [3.63, 3.8) is 0 Å². The van der Waals surface area contributed by atoms with E-state index in [0.717, 1.165) is 31.2 Å². The van der Waals surface area contributed by atoms with E-state index in [-0.39, 0.29) is 17.7 Å². The molecule has 25 heavy (non-hydrogen) atoms. The Bertz CT molecular complexity index is 631. The molecule has 2 fully saturated rings. The highest BCUT2D eigenvalue weighted by Gasteiger charge is 2.40. The van der Waals surface area contributed by atoms with Crippen LogP contribution in [0.1, 0.15) is 48.5 Å². The molecule has 2 aliphatic rings. The Kier molecular flexibility index (Phi) is 5.13. The third kappa shape index (κ3) is 3.87.